The first kappa shape index (κ1) is 18.5. The number of methoxy groups -OCH3 is 1. The second-order valence-electron chi connectivity index (χ2n) is 6.16. The summed E-state index contributed by atoms with van der Waals surface area (Å²) in [6.45, 7) is 3.46. The van der Waals surface area contributed by atoms with Crippen LogP contribution in [0.15, 0.2) is 0 Å². The number of halogens is 3. The van der Waals surface area contributed by atoms with E-state index in [4.69, 9.17) is 0 Å². The number of aromatic nitrogens is 1. The maximum absolute atomic E-state index is 12.9. The molecule has 0 bridgehead atoms. The van der Waals surface area contributed by atoms with Crippen LogP contribution in [-0.2, 0) is 4.74 Å². The molecule has 0 saturated carbocycles. The predicted molar refractivity (Wildman–Crippen MR) is 81.2 cm³/mol. The number of hydrogen-bond donors (Lipinski definition) is 1. The van der Waals surface area contributed by atoms with E-state index in [1.807, 2.05) is 0 Å². The van der Waals surface area contributed by atoms with E-state index in [-0.39, 0.29) is 31.0 Å². The summed E-state index contributed by atoms with van der Waals surface area (Å²) in [5, 5.41) is 0. The molecule has 0 amide bonds. The van der Waals surface area contributed by atoms with Gasteiger partial charge in [0.05, 0.1) is 30.8 Å². The summed E-state index contributed by atoms with van der Waals surface area (Å²) in [6, 6.07) is 0. The summed E-state index contributed by atoms with van der Waals surface area (Å²) in [5.41, 5.74) is 1.53. The fraction of sp³-hybridized carbons (Fsp3) is 0.625. The predicted octanol–water partition coefficient (Wildman–Crippen LogP) is 2.88. The van der Waals surface area contributed by atoms with Crippen molar-refractivity contribution >= 4 is 11.8 Å². The van der Waals surface area contributed by atoms with Gasteiger partial charge in [-0.3, -0.25) is 9.69 Å². The van der Waals surface area contributed by atoms with Crippen LogP contribution in [0.25, 0.3) is 0 Å². The summed E-state index contributed by atoms with van der Waals surface area (Å²) >= 11 is 0. The highest BCUT2D eigenvalue weighted by Gasteiger charge is 2.42. The fourth-order valence-corrected chi connectivity index (χ4v) is 3.19. The molecule has 1 aromatic heterocycles. The number of esters is 1. The Hall–Kier alpha value is -1.83. The van der Waals surface area contributed by atoms with Crippen LogP contribution in [0, 0.1) is 19.8 Å². The number of H-pyrrole nitrogens is 1. The van der Waals surface area contributed by atoms with Gasteiger partial charge in [0.15, 0.2) is 5.78 Å². The summed E-state index contributed by atoms with van der Waals surface area (Å²) < 4.78 is 43.2. The van der Waals surface area contributed by atoms with Gasteiger partial charge in [-0.2, -0.15) is 13.2 Å². The van der Waals surface area contributed by atoms with Crippen molar-refractivity contribution < 1.29 is 27.5 Å². The van der Waals surface area contributed by atoms with Crippen LogP contribution >= 0.6 is 0 Å². The smallest absolute Gasteiger partial charge is 0.393 e. The van der Waals surface area contributed by atoms with Crippen LogP contribution < -0.4 is 0 Å². The third-order valence-electron chi connectivity index (χ3n) is 4.44. The van der Waals surface area contributed by atoms with E-state index in [1.54, 1.807) is 13.8 Å². The van der Waals surface area contributed by atoms with Gasteiger partial charge >= 0.3 is 12.1 Å². The molecule has 1 aliphatic heterocycles. The number of ether oxygens (including phenoxy) is 1. The first-order valence-electron chi connectivity index (χ1n) is 7.74. The summed E-state index contributed by atoms with van der Waals surface area (Å²) in [5.74, 6) is -2.26. The highest BCUT2D eigenvalue weighted by Crippen LogP contribution is 2.33. The van der Waals surface area contributed by atoms with Gasteiger partial charge in [-0.15, -0.1) is 0 Å². The van der Waals surface area contributed by atoms with Crippen molar-refractivity contribution in [1.82, 2.24) is 9.88 Å². The number of hydrogen-bond acceptors (Lipinski definition) is 4. The fourth-order valence-electron chi connectivity index (χ4n) is 3.19. The number of aryl methyl sites for hydroxylation is 1. The van der Waals surface area contributed by atoms with E-state index in [2.05, 4.69) is 9.72 Å². The highest BCUT2D eigenvalue weighted by atomic mass is 19.4. The SMILES string of the molecule is COC(=O)c1c(C)[nH]c(C(=O)CN2CCCC(C(F)(F)F)C2)c1C. The molecular weight excluding hydrogens is 325 g/mol. The number of likely N-dealkylation sites (tertiary alicyclic amines) is 1. The lowest BCUT2D eigenvalue weighted by atomic mass is 9.97. The Kier molecular flexibility index (Phi) is 5.37. The van der Waals surface area contributed by atoms with Gasteiger partial charge in [0.25, 0.3) is 0 Å². The van der Waals surface area contributed by atoms with Gasteiger partial charge in [-0.25, -0.2) is 4.79 Å². The lowest BCUT2D eigenvalue weighted by Crippen LogP contribution is -2.43. The Labute approximate surface area is 138 Å². The van der Waals surface area contributed by atoms with Crippen molar-refractivity contribution in [2.24, 2.45) is 5.92 Å². The summed E-state index contributed by atoms with van der Waals surface area (Å²) in [7, 11) is 1.25. The molecule has 2 heterocycles. The van der Waals surface area contributed by atoms with E-state index < -0.39 is 18.1 Å². The number of rotatable bonds is 4. The van der Waals surface area contributed by atoms with Crippen LogP contribution in [0.5, 0.6) is 0 Å². The Morgan fingerprint density at radius 2 is 2.00 bits per heavy atom. The Bertz CT molecular complexity index is 637. The first-order valence-corrected chi connectivity index (χ1v) is 7.74. The van der Waals surface area contributed by atoms with Gasteiger partial charge in [0, 0.05) is 12.2 Å². The average molecular weight is 346 g/mol. The third kappa shape index (κ3) is 3.80. The molecule has 0 aromatic carbocycles. The molecule has 8 heteroatoms. The number of nitrogens with one attached hydrogen (secondary N) is 1. The number of piperidine rings is 1. The first-order chi connectivity index (χ1) is 11.1. The molecule has 1 saturated heterocycles. The summed E-state index contributed by atoms with van der Waals surface area (Å²) in [6.07, 6.45) is -3.73. The van der Waals surface area contributed by atoms with E-state index in [0.717, 1.165) is 0 Å². The molecule has 1 aliphatic rings. The van der Waals surface area contributed by atoms with E-state index >= 15 is 0 Å². The number of carbonyl (C=O) groups is 2. The van der Waals surface area contributed by atoms with Crippen molar-refractivity contribution in [3.05, 3.63) is 22.5 Å². The molecule has 0 radical (unpaired) electrons. The van der Waals surface area contributed by atoms with Crippen molar-refractivity contribution in [3.8, 4) is 0 Å². The van der Waals surface area contributed by atoms with Crippen molar-refractivity contribution in [2.75, 3.05) is 26.7 Å². The van der Waals surface area contributed by atoms with Gasteiger partial charge in [-0.1, -0.05) is 0 Å². The number of nitrogens with zero attached hydrogens (tertiary/aromatic N) is 1. The van der Waals surface area contributed by atoms with E-state index in [1.165, 1.54) is 12.0 Å². The lowest BCUT2D eigenvalue weighted by molar-refractivity contribution is -0.186. The van der Waals surface area contributed by atoms with Crippen molar-refractivity contribution in [3.63, 3.8) is 0 Å². The zero-order valence-corrected chi connectivity index (χ0v) is 13.9. The molecule has 1 atom stereocenters. The second kappa shape index (κ2) is 6.96. The molecule has 5 nitrogen and oxygen atoms in total. The molecule has 24 heavy (non-hydrogen) atoms. The van der Waals surface area contributed by atoms with Crippen LogP contribution in [0.3, 0.4) is 0 Å². The number of aromatic amines is 1. The van der Waals surface area contributed by atoms with E-state index in [9.17, 15) is 22.8 Å². The zero-order valence-electron chi connectivity index (χ0n) is 13.9. The number of carbonyl (C=O) groups excluding carboxylic acids is 2. The maximum Gasteiger partial charge on any atom is 0.393 e. The molecule has 1 N–H and O–H groups in total. The normalized spacial score (nSPS) is 19.3. The van der Waals surface area contributed by atoms with Gasteiger partial charge in [-0.05, 0) is 38.8 Å². The molecule has 0 spiro atoms. The standard InChI is InChI=1S/C16H21F3N2O3/c1-9-13(15(23)24-3)10(2)20-14(9)12(22)8-21-6-4-5-11(7-21)16(17,18)19/h11,20H,4-8H2,1-3H3. The molecule has 1 fully saturated rings. The molecule has 2 rings (SSSR count). The second-order valence-corrected chi connectivity index (χ2v) is 6.16. The minimum Gasteiger partial charge on any atom is -0.465 e. The van der Waals surface area contributed by atoms with Crippen molar-refractivity contribution in [1.29, 1.82) is 0 Å². The van der Waals surface area contributed by atoms with Gasteiger partial charge in [0.1, 0.15) is 0 Å². The third-order valence-corrected chi connectivity index (χ3v) is 4.44. The van der Waals surface area contributed by atoms with E-state index in [0.29, 0.717) is 29.8 Å². The molecule has 0 aliphatic carbocycles. The summed E-state index contributed by atoms with van der Waals surface area (Å²) in [4.78, 5) is 28.6. The number of ketones is 1. The topological polar surface area (TPSA) is 62.4 Å². The Morgan fingerprint density at radius 3 is 2.58 bits per heavy atom. The Balaban J connectivity index is 2.12. The minimum absolute atomic E-state index is 0.0985. The monoisotopic (exact) mass is 346 g/mol. The van der Waals surface area contributed by atoms with Crippen LogP contribution in [0.2, 0.25) is 0 Å². The van der Waals surface area contributed by atoms with Crippen LogP contribution in [-0.4, -0.2) is 54.6 Å². The van der Waals surface area contributed by atoms with Crippen LogP contribution in [0.4, 0.5) is 13.2 Å². The number of Topliss-reactive ketones (excluding diaryl/α,β-unsaturated/α-hetero) is 1. The quantitative estimate of drug-likeness (QED) is 0.673. The Morgan fingerprint density at radius 1 is 1.33 bits per heavy atom. The molecular formula is C16H21F3N2O3. The molecule has 134 valence electrons. The number of alkyl halides is 3. The highest BCUT2D eigenvalue weighted by molar-refractivity contribution is 6.02. The zero-order chi connectivity index (χ0) is 18.1. The van der Waals surface area contributed by atoms with Gasteiger partial charge < -0.3 is 9.72 Å². The van der Waals surface area contributed by atoms with Gasteiger partial charge in [0.2, 0.25) is 0 Å². The molecule has 1 unspecified atom stereocenters. The lowest BCUT2D eigenvalue weighted by Gasteiger charge is -2.33. The van der Waals surface area contributed by atoms with Crippen molar-refractivity contribution in [2.45, 2.75) is 32.9 Å². The molecule has 1 aromatic rings. The maximum atomic E-state index is 12.9. The largest absolute Gasteiger partial charge is 0.465 e. The minimum atomic E-state index is -4.24. The van der Waals surface area contributed by atoms with Crippen LogP contribution in [0.1, 0.15) is 44.9 Å². The average Bonchev–Trinajstić information content (AvgIpc) is 2.81.